The number of carbonyl (C=O) groups is 1. The van der Waals surface area contributed by atoms with E-state index in [0.29, 0.717) is 30.1 Å². The summed E-state index contributed by atoms with van der Waals surface area (Å²) in [7, 11) is 0. The molecule has 28 heavy (non-hydrogen) atoms. The van der Waals surface area contributed by atoms with Crippen molar-refractivity contribution < 1.29 is 18.6 Å². The molecular formula is C20H22FN4O2S+. The normalized spacial score (nSPS) is 15.1. The average molecular weight is 401 g/mol. The van der Waals surface area contributed by atoms with E-state index in [9.17, 15) is 9.18 Å². The molecule has 1 fully saturated rings. The Hall–Kier alpha value is -2.58. The molecule has 6 nitrogen and oxygen atoms in total. The number of halogens is 1. The van der Waals surface area contributed by atoms with Crippen LogP contribution in [0, 0.1) is 5.82 Å². The fourth-order valence-electron chi connectivity index (χ4n) is 3.38. The van der Waals surface area contributed by atoms with E-state index in [0.717, 1.165) is 32.7 Å². The molecule has 0 aliphatic carbocycles. The van der Waals surface area contributed by atoms with Gasteiger partial charge in [0.05, 0.1) is 26.2 Å². The van der Waals surface area contributed by atoms with E-state index in [1.807, 2.05) is 4.90 Å². The van der Waals surface area contributed by atoms with E-state index in [-0.39, 0.29) is 11.7 Å². The van der Waals surface area contributed by atoms with E-state index in [1.54, 1.807) is 23.5 Å². The molecule has 2 aromatic heterocycles. The second kappa shape index (κ2) is 8.62. The zero-order chi connectivity index (χ0) is 19.3. The van der Waals surface area contributed by atoms with Gasteiger partial charge in [0.15, 0.2) is 0 Å². The highest BCUT2D eigenvalue weighted by molar-refractivity contribution is 7.07. The molecule has 0 saturated carbocycles. The van der Waals surface area contributed by atoms with Crippen LogP contribution in [0.3, 0.4) is 0 Å². The van der Waals surface area contributed by atoms with Crippen LogP contribution >= 0.6 is 11.3 Å². The summed E-state index contributed by atoms with van der Waals surface area (Å²) < 4.78 is 18.2. The maximum Gasteiger partial charge on any atom is 0.227 e. The summed E-state index contributed by atoms with van der Waals surface area (Å²) >= 11 is 1.72. The van der Waals surface area contributed by atoms with E-state index in [2.05, 4.69) is 27.0 Å². The van der Waals surface area contributed by atoms with E-state index in [4.69, 9.17) is 4.52 Å². The minimum Gasteiger partial charge on any atom is -0.339 e. The Bertz CT molecular complexity index is 903. The fraction of sp³-hybridized carbons (Fsp3) is 0.350. The highest BCUT2D eigenvalue weighted by atomic mass is 32.1. The predicted octanol–water partition coefficient (Wildman–Crippen LogP) is 1.80. The first kappa shape index (κ1) is 18.8. The molecule has 1 aliphatic heterocycles. The Labute approximate surface area is 166 Å². The Kier molecular flexibility index (Phi) is 5.78. The molecule has 1 amide bonds. The van der Waals surface area contributed by atoms with Gasteiger partial charge in [-0.1, -0.05) is 5.16 Å². The monoisotopic (exact) mass is 401 g/mol. The third-order valence-electron chi connectivity index (χ3n) is 4.98. The predicted molar refractivity (Wildman–Crippen MR) is 103 cm³/mol. The van der Waals surface area contributed by atoms with Crippen molar-refractivity contribution in [3.8, 4) is 11.4 Å². The van der Waals surface area contributed by atoms with Crippen LogP contribution in [-0.2, 0) is 17.8 Å². The van der Waals surface area contributed by atoms with Crippen molar-refractivity contribution in [2.45, 2.75) is 19.4 Å². The topological polar surface area (TPSA) is 63.7 Å². The lowest BCUT2D eigenvalue weighted by Gasteiger charge is -2.32. The molecule has 0 bridgehead atoms. The second-order valence-corrected chi connectivity index (χ2v) is 7.74. The van der Waals surface area contributed by atoms with Crippen molar-refractivity contribution in [3.63, 3.8) is 0 Å². The highest BCUT2D eigenvalue weighted by Gasteiger charge is 2.24. The number of hydrogen-bond donors (Lipinski definition) is 1. The summed E-state index contributed by atoms with van der Waals surface area (Å²) in [5.74, 6) is 0.647. The molecule has 1 aliphatic rings. The molecule has 8 heteroatoms. The van der Waals surface area contributed by atoms with Crippen LogP contribution < -0.4 is 4.90 Å². The molecule has 0 radical (unpaired) electrons. The maximum absolute atomic E-state index is 13.0. The molecule has 146 valence electrons. The van der Waals surface area contributed by atoms with E-state index in [1.165, 1.54) is 22.6 Å². The highest BCUT2D eigenvalue weighted by Crippen LogP contribution is 2.16. The van der Waals surface area contributed by atoms with Gasteiger partial charge in [0, 0.05) is 24.0 Å². The minimum atomic E-state index is -0.310. The largest absolute Gasteiger partial charge is 0.339 e. The SMILES string of the molecule is O=C(CCc1nc(-c2ccc(F)cc2)no1)N1CC[NH+](Cc2ccsc2)CC1. The number of aryl methyl sites for hydroxylation is 1. The van der Waals surface area contributed by atoms with Crippen LogP contribution in [0.25, 0.3) is 11.4 Å². The van der Waals surface area contributed by atoms with E-state index >= 15 is 0 Å². The number of aromatic nitrogens is 2. The van der Waals surface area contributed by atoms with Gasteiger partial charge in [-0.25, -0.2) is 4.39 Å². The van der Waals surface area contributed by atoms with Gasteiger partial charge in [-0.05, 0) is 41.1 Å². The summed E-state index contributed by atoms with van der Waals surface area (Å²) in [6.07, 6.45) is 0.764. The lowest BCUT2D eigenvalue weighted by molar-refractivity contribution is -0.917. The number of thiophene rings is 1. The third-order valence-corrected chi connectivity index (χ3v) is 5.71. The van der Waals surface area contributed by atoms with Gasteiger partial charge in [0.2, 0.25) is 17.6 Å². The molecule has 1 aromatic carbocycles. The number of quaternary nitrogens is 1. The first-order valence-corrected chi connectivity index (χ1v) is 10.3. The average Bonchev–Trinajstić information content (AvgIpc) is 3.39. The van der Waals surface area contributed by atoms with E-state index < -0.39 is 0 Å². The molecule has 3 heterocycles. The van der Waals surface area contributed by atoms with Gasteiger partial charge in [-0.3, -0.25) is 4.79 Å². The third kappa shape index (κ3) is 4.63. The van der Waals surface area contributed by atoms with Crippen LogP contribution in [0.2, 0.25) is 0 Å². The van der Waals surface area contributed by atoms with Crippen LogP contribution in [0.4, 0.5) is 4.39 Å². The molecule has 1 N–H and O–H groups in total. The summed E-state index contributed by atoms with van der Waals surface area (Å²) in [4.78, 5) is 20.2. The van der Waals surface area contributed by atoms with Gasteiger partial charge in [0.25, 0.3) is 0 Å². The van der Waals surface area contributed by atoms with Crippen LogP contribution in [0.1, 0.15) is 17.9 Å². The van der Waals surface area contributed by atoms with Crippen molar-refractivity contribution in [2.24, 2.45) is 0 Å². The van der Waals surface area contributed by atoms with Crippen LogP contribution in [-0.4, -0.2) is 47.1 Å². The Morgan fingerprint density at radius 1 is 1.21 bits per heavy atom. The number of hydrogen-bond acceptors (Lipinski definition) is 5. The molecule has 0 spiro atoms. The second-order valence-electron chi connectivity index (χ2n) is 6.96. The smallest absolute Gasteiger partial charge is 0.227 e. The Morgan fingerprint density at radius 2 is 2.00 bits per heavy atom. The van der Waals surface area contributed by atoms with Gasteiger partial charge in [0.1, 0.15) is 12.4 Å². The van der Waals surface area contributed by atoms with Crippen LogP contribution in [0.15, 0.2) is 45.6 Å². The zero-order valence-corrected chi connectivity index (χ0v) is 16.3. The quantitative estimate of drug-likeness (QED) is 0.684. The number of amides is 1. The Balaban J connectivity index is 1.24. The first-order valence-electron chi connectivity index (χ1n) is 9.38. The molecule has 3 aromatic rings. The number of rotatable bonds is 6. The zero-order valence-electron chi connectivity index (χ0n) is 15.4. The molecule has 0 atom stereocenters. The molecule has 1 saturated heterocycles. The summed E-state index contributed by atoms with van der Waals surface area (Å²) in [5, 5.41) is 8.21. The first-order chi connectivity index (χ1) is 13.7. The van der Waals surface area contributed by atoms with Crippen molar-refractivity contribution in [1.82, 2.24) is 15.0 Å². The number of benzene rings is 1. The maximum atomic E-state index is 13.0. The van der Waals surface area contributed by atoms with Crippen molar-refractivity contribution in [3.05, 3.63) is 58.4 Å². The summed E-state index contributed by atoms with van der Waals surface area (Å²) in [6, 6.07) is 8.09. The lowest BCUT2D eigenvalue weighted by atomic mass is 10.2. The number of piperazine rings is 1. The summed E-state index contributed by atoms with van der Waals surface area (Å²) in [5.41, 5.74) is 2.06. The number of nitrogens with one attached hydrogen (secondary N) is 1. The van der Waals surface area contributed by atoms with Gasteiger partial charge < -0.3 is 14.3 Å². The van der Waals surface area contributed by atoms with Gasteiger partial charge >= 0.3 is 0 Å². The van der Waals surface area contributed by atoms with Crippen molar-refractivity contribution in [1.29, 1.82) is 0 Å². The van der Waals surface area contributed by atoms with Gasteiger partial charge in [-0.2, -0.15) is 16.3 Å². The van der Waals surface area contributed by atoms with Crippen molar-refractivity contribution in [2.75, 3.05) is 26.2 Å². The Morgan fingerprint density at radius 3 is 2.71 bits per heavy atom. The number of carbonyl (C=O) groups excluding carboxylic acids is 1. The molecular weight excluding hydrogens is 379 g/mol. The van der Waals surface area contributed by atoms with Crippen LogP contribution in [0.5, 0.6) is 0 Å². The number of nitrogens with zero attached hydrogens (tertiary/aromatic N) is 3. The van der Waals surface area contributed by atoms with Gasteiger partial charge in [-0.15, -0.1) is 0 Å². The fourth-order valence-corrected chi connectivity index (χ4v) is 4.04. The lowest BCUT2D eigenvalue weighted by Crippen LogP contribution is -3.13. The summed E-state index contributed by atoms with van der Waals surface area (Å²) in [6.45, 7) is 4.53. The molecule has 4 rings (SSSR count). The minimum absolute atomic E-state index is 0.121. The standard InChI is InChI=1S/C20H21FN4O2S/c21-17-3-1-16(2-4-17)20-22-18(27-23-20)5-6-19(26)25-10-8-24(9-11-25)13-15-7-12-28-14-15/h1-4,7,12,14H,5-6,8-11,13H2/p+1. The molecule has 0 unspecified atom stereocenters. The van der Waals surface area contributed by atoms with Crippen molar-refractivity contribution >= 4 is 17.2 Å².